The number of hydrogen-bond acceptors (Lipinski definition) is 4. The molecule has 2 rings (SSSR count). The van der Waals surface area contributed by atoms with Gasteiger partial charge in [0.05, 0.1) is 6.10 Å². The van der Waals surface area contributed by atoms with Crippen molar-refractivity contribution < 1.29 is 9.90 Å². The highest BCUT2D eigenvalue weighted by atomic mass is 16.3. The molecule has 0 radical (unpaired) electrons. The van der Waals surface area contributed by atoms with Crippen LogP contribution in [0, 0.1) is 0 Å². The van der Waals surface area contributed by atoms with Crippen LogP contribution in [0.15, 0.2) is 0 Å². The highest BCUT2D eigenvalue weighted by Gasteiger charge is 2.26. The van der Waals surface area contributed by atoms with Crippen molar-refractivity contribution in [3.63, 3.8) is 0 Å². The molecule has 3 N–H and O–H groups in total. The molecule has 0 aromatic carbocycles. The number of aliphatic hydroxyl groups excluding tert-OH is 1. The number of hydrogen-bond donors (Lipinski definition) is 2. The van der Waals surface area contributed by atoms with Crippen LogP contribution < -0.4 is 5.73 Å². The molecule has 2 atom stereocenters. The summed E-state index contributed by atoms with van der Waals surface area (Å²) >= 11 is 0. The molecule has 0 saturated carbocycles. The van der Waals surface area contributed by atoms with Crippen molar-refractivity contribution in [3.8, 4) is 0 Å². The Hall–Kier alpha value is -0.850. The van der Waals surface area contributed by atoms with E-state index >= 15 is 0 Å². The first-order valence-electron chi connectivity index (χ1n) is 7.24. The second kappa shape index (κ2) is 6.54. The average molecular weight is 270 g/mol. The monoisotopic (exact) mass is 270 g/mol. The fourth-order valence-corrected chi connectivity index (χ4v) is 2.76. The Kier molecular flexibility index (Phi) is 5.01. The summed E-state index contributed by atoms with van der Waals surface area (Å²) in [6.07, 6.45) is 2.63. The number of β-amino-alcohol motifs (C(OH)–C–C–N with tert-alkyl or cyclic N) is 1. The van der Waals surface area contributed by atoms with Crippen molar-refractivity contribution in [1.82, 2.24) is 14.7 Å². The Bertz CT molecular complexity index is 307. The topological polar surface area (TPSA) is 73.0 Å². The number of carbonyl (C=O) groups excluding carboxylic acids is 1. The normalized spacial score (nSPS) is 28.7. The van der Waals surface area contributed by atoms with Gasteiger partial charge in [0.1, 0.15) is 0 Å². The first kappa shape index (κ1) is 14.6. The van der Waals surface area contributed by atoms with Crippen molar-refractivity contribution in [3.05, 3.63) is 0 Å². The Balaban J connectivity index is 1.71. The quantitative estimate of drug-likeness (QED) is 0.727. The molecule has 6 nitrogen and oxygen atoms in total. The summed E-state index contributed by atoms with van der Waals surface area (Å²) in [7, 11) is 1.85. The van der Waals surface area contributed by atoms with E-state index in [0.29, 0.717) is 13.1 Å². The molecule has 19 heavy (non-hydrogen) atoms. The van der Waals surface area contributed by atoms with Crippen LogP contribution in [-0.4, -0.2) is 84.3 Å². The molecule has 2 fully saturated rings. The molecule has 2 amide bonds. The molecule has 2 aliphatic rings. The van der Waals surface area contributed by atoms with Crippen LogP contribution in [0.25, 0.3) is 0 Å². The fraction of sp³-hybridized carbons (Fsp3) is 0.923. The molecular formula is C13H26N4O2. The molecule has 0 bridgehead atoms. The number of likely N-dealkylation sites (N-methyl/N-ethyl adjacent to an activating group) is 1. The van der Waals surface area contributed by atoms with E-state index in [4.69, 9.17) is 5.73 Å². The Labute approximate surface area is 115 Å². The lowest BCUT2D eigenvalue weighted by atomic mass is 10.0. The van der Waals surface area contributed by atoms with Gasteiger partial charge in [-0.25, -0.2) is 4.79 Å². The van der Waals surface area contributed by atoms with Gasteiger partial charge < -0.3 is 20.6 Å². The second-order valence-corrected chi connectivity index (χ2v) is 5.72. The third-order valence-corrected chi connectivity index (χ3v) is 4.17. The molecular weight excluding hydrogens is 244 g/mol. The van der Waals surface area contributed by atoms with E-state index < -0.39 is 6.10 Å². The van der Waals surface area contributed by atoms with E-state index in [1.165, 1.54) is 0 Å². The minimum atomic E-state index is -0.437. The van der Waals surface area contributed by atoms with Crippen molar-refractivity contribution >= 4 is 6.03 Å². The maximum absolute atomic E-state index is 12.1. The minimum absolute atomic E-state index is 0.0970. The van der Waals surface area contributed by atoms with Crippen molar-refractivity contribution in [2.75, 3.05) is 46.3 Å². The Morgan fingerprint density at radius 1 is 1.37 bits per heavy atom. The smallest absolute Gasteiger partial charge is 0.319 e. The van der Waals surface area contributed by atoms with E-state index in [1.807, 2.05) is 11.9 Å². The highest BCUT2D eigenvalue weighted by molar-refractivity contribution is 5.74. The summed E-state index contributed by atoms with van der Waals surface area (Å²) in [6.45, 7) is 4.81. The molecule has 0 aromatic heterocycles. The van der Waals surface area contributed by atoms with Gasteiger partial charge in [0.25, 0.3) is 0 Å². The van der Waals surface area contributed by atoms with Crippen LogP contribution >= 0.6 is 0 Å². The van der Waals surface area contributed by atoms with Gasteiger partial charge >= 0.3 is 6.03 Å². The van der Waals surface area contributed by atoms with E-state index in [1.54, 1.807) is 4.90 Å². The summed E-state index contributed by atoms with van der Waals surface area (Å²) in [5.74, 6) is 0. The molecule has 110 valence electrons. The standard InChI is InChI=1S/C13H26N4O2/c1-15(13(19)17-5-2-3-6-17)8-9-16-7-4-11(14)12(18)10-16/h11-12,18H,2-10,14H2,1H3/t11-,12+/m0/s1. The number of aliphatic hydroxyl groups is 1. The van der Waals surface area contributed by atoms with E-state index in [0.717, 1.165) is 45.4 Å². The molecule has 2 aliphatic heterocycles. The molecule has 0 unspecified atom stereocenters. The number of nitrogens with two attached hydrogens (primary N) is 1. The van der Waals surface area contributed by atoms with Crippen LogP contribution in [0.5, 0.6) is 0 Å². The molecule has 0 aromatic rings. The number of rotatable bonds is 3. The van der Waals surface area contributed by atoms with Crippen molar-refractivity contribution in [2.24, 2.45) is 5.73 Å². The molecule has 0 spiro atoms. The maximum Gasteiger partial charge on any atom is 0.319 e. The number of nitrogens with zero attached hydrogens (tertiary/aromatic N) is 3. The van der Waals surface area contributed by atoms with Crippen LogP contribution in [-0.2, 0) is 0 Å². The van der Waals surface area contributed by atoms with Gasteiger partial charge in [-0.3, -0.25) is 4.90 Å². The van der Waals surface area contributed by atoms with Gasteiger partial charge in [-0.05, 0) is 25.8 Å². The van der Waals surface area contributed by atoms with Crippen molar-refractivity contribution in [2.45, 2.75) is 31.4 Å². The third-order valence-electron chi connectivity index (χ3n) is 4.17. The summed E-state index contributed by atoms with van der Waals surface area (Å²) in [4.78, 5) is 18.0. The molecule has 6 heteroatoms. The van der Waals surface area contributed by atoms with Crippen LogP contribution in [0.3, 0.4) is 0 Å². The molecule has 2 saturated heterocycles. The van der Waals surface area contributed by atoms with E-state index in [-0.39, 0.29) is 12.1 Å². The lowest BCUT2D eigenvalue weighted by Crippen LogP contribution is -2.52. The van der Waals surface area contributed by atoms with Gasteiger partial charge in [-0.1, -0.05) is 0 Å². The SMILES string of the molecule is CN(CCN1CC[C@H](N)[C@H](O)C1)C(=O)N1CCCC1. The number of likely N-dealkylation sites (tertiary alicyclic amines) is 2. The zero-order chi connectivity index (χ0) is 13.8. The lowest BCUT2D eigenvalue weighted by molar-refractivity contribution is 0.0504. The highest BCUT2D eigenvalue weighted by Crippen LogP contribution is 2.11. The number of amides is 2. The summed E-state index contributed by atoms with van der Waals surface area (Å²) in [5, 5.41) is 9.74. The molecule has 0 aliphatic carbocycles. The average Bonchev–Trinajstić information content (AvgIpc) is 2.93. The third kappa shape index (κ3) is 3.81. The first-order valence-corrected chi connectivity index (χ1v) is 7.24. The predicted octanol–water partition coefficient (Wildman–Crippen LogP) is -0.472. The summed E-state index contributed by atoms with van der Waals surface area (Å²) < 4.78 is 0. The zero-order valence-corrected chi connectivity index (χ0v) is 11.8. The van der Waals surface area contributed by atoms with E-state index in [2.05, 4.69) is 4.90 Å². The largest absolute Gasteiger partial charge is 0.390 e. The van der Waals surface area contributed by atoms with Gasteiger partial charge in [0, 0.05) is 45.8 Å². The maximum atomic E-state index is 12.1. The first-order chi connectivity index (χ1) is 9.08. The van der Waals surface area contributed by atoms with Gasteiger partial charge in [0.15, 0.2) is 0 Å². The van der Waals surface area contributed by atoms with Gasteiger partial charge in [-0.15, -0.1) is 0 Å². The Morgan fingerprint density at radius 3 is 2.68 bits per heavy atom. The van der Waals surface area contributed by atoms with Crippen molar-refractivity contribution in [1.29, 1.82) is 0 Å². The second-order valence-electron chi connectivity index (χ2n) is 5.72. The fourth-order valence-electron chi connectivity index (χ4n) is 2.76. The van der Waals surface area contributed by atoms with Gasteiger partial charge in [0.2, 0.25) is 0 Å². The lowest BCUT2D eigenvalue weighted by Gasteiger charge is -2.35. The number of carbonyl (C=O) groups is 1. The predicted molar refractivity (Wildman–Crippen MR) is 73.9 cm³/mol. The van der Waals surface area contributed by atoms with E-state index in [9.17, 15) is 9.90 Å². The summed E-state index contributed by atoms with van der Waals surface area (Å²) in [6, 6.07) is 0.0342. The zero-order valence-electron chi connectivity index (χ0n) is 11.8. The van der Waals surface area contributed by atoms with Crippen LogP contribution in [0.2, 0.25) is 0 Å². The Morgan fingerprint density at radius 2 is 2.05 bits per heavy atom. The number of piperidine rings is 1. The minimum Gasteiger partial charge on any atom is -0.390 e. The molecule has 2 heterocycles. The number of urea groups is 1. The summed E-state index contributed by atoms with van der Waals surface area (Å²) in [5.41, 5.74) is 5.78. The van der Waals surface area contributed by atoms with Crippen LogP contribution in [0.1, 0.15) is 19.3 Å². The van der Waals surface area contributed by atoms with Crippen LogP contribution in [0.4, 0.5) is 4.79 Å². The van der Waals surface area contributed by atoms with Gasteiger partial charge in [-0.2, -0.15) is 0 Å².